The topological polar surface area (TPSA) is 60.0 Å². The van der Waals surface area contributed by atoms with E-state index in [1.165, 1.54) is 0 Å². The first-order valence-corrected chi connectivity index (χ1v) is 7.63. The predicted molar refractivity (Wildman–Crippen MR) is 91.0 cm³/mol. The highest BCUT2D eigenvalue weighted by Gasteiger charge is 2.26. The van der Waals surface area contributed by atoms with Crippen molar-refractivity contribution >= 4 is 35.6 Å². The highest BCUT2D eigenvalue weighted by atomic mass is 35.5. The summed E-state index contributed by atoms with van der Waals surface area (Å²) in [6, 6.07) is 5.69. The minimum Gasteiger partial charge on any atom is -0.326 e. The number of halogens is 3. The van der Waals surface area contributed by atoms with E-state index in [-0.39, 0.29) is 18.4 Å². The van der Waals surface area contributed by atoms with E-state index in [4.69, 9.17) is 28.9 Å². The van der Waals surface area contributed by atoms with Gasteiger partial charge in [0.1, 0.15) is 0 Å². The van der Waals surface area contributed by atoms with Crippen LogP contribution < -0.4 is 5.73 Å². The summed E-state index contributed by atoms with van der Waals surface area (Å²) >= 11 is 12.2. The van der Waals surface area contributed by atoms with Crippen LogP contribution in [0.2, 0.25) is 10.0 Å². The third-order valence-corrected chi connectivity index (χ3v) is 4.66. The molecule has 0 aliphatic carbocycles. The molecular weight excluding hydrogens is 345 g/mol. The van der Waals surface area contributed by atoms with Crippen molar-refractivity contribution in [3.05, 3.63) is 40.1 Å². The van der Waals surface area contributed by atoms with Crippen LogP contribution in [0.4, 0.5) is 0 Å². The quantitative estimate of drug-likeness (QED) is 0.912. The van der Waals surface area contributed by atoms with E-state index in [1.807, 2.05) is 18.3 Å². The van der Waals surface area contributed by atoms with Gasteiger partial charge in [-0.3, -0.25) is 4.90 Å². The minimum absolute atomic E-state index is 0. The molecule has 2 N–H and O–H groups in total. The highest BCUT2D eigenvalue weighted by Crippen LogP contribution is 2.28. The average molecular weight is 363 g/mol. The molecule has 3 rings (SSSR count). The maximum atomic E-state index is 6.20. The summed E-state index contributed by atoms with van der Waals surface area (Å²) < 4.78 is 1.66. The molecule has 0 spiro atoms. The largest absolute Gasteiger partial charge is 0.326 e. The molecule has 22 heavy (non-hydrogen) atoms. The van der Waals surface area contributed by atoms with Gasteiger partial charge < -0.3 is 5.73 Å². The van der Waals surface area contributed by atoms with Gasteiger partial charge in [0.25, 0.3) is 0 Å². The van der Waals surface area contributed by atoms with Crippen LogP contribution in [-0.4, -0.2) is 39.0 Å². The van der Waals surface area contributed by atoms with Crippen molar-refractivity contribution < 1.29 is 0 Å². The molecule has 0 amide bonds. The summed E-state index contributed by atoms with van der Waals surface area (Å²) in [7, 11) is 0. The third-order valence-electron chi connectivity index (χ3n) is 3.85. The first kappa shape index (κ1) is 17.5. The van der Waals surface area contributed by atoms with E-state index in [1.54, 1.807) is 10.7 Å². The first-order valence-electron chi connectivity index (χ1n) is 6.88. The van der Waals surface area contributed by atoms with Crippen LogP contribution in [0, 0.1) is 5.92 Å². The zero-order valence-electron chi connectivity index (χ0n) is 12.1. The van der Waals surface area contributed by atoms with Crippen LogP contribution in [0.15, 0.2) is 24.4 Å². The van der Waals surface area contributed by atoms with Crippen molar-refractivity contribution in [3.8, 4) is 5.69 Å². The van der Waals surface area contributed by atoms with E-state index >= 15 is 0 Å². The fourth-order valence-electron chi connectivity index (χ4n) is 2.61. The van der Waals surface area contributed by atoms with Crippen molar-refractivity contribution in [2.45, 2.75) is 19.5 Å². The molecule has 1 saturated heterocycles. The zero-order valence-corrected chi connectivity index (χ0v) is 14.4. The molecule has 0 radical (unpaired) electrons. The Labute approximate surface area is 145 Å². The number of aromatic nitrogens is 3. The second kappa shape index (κ2) is 7.15. The van der Waals surface area contributed by atoms with Gasteiger partial charge in [0, 0.05) is 25.7 Å². The van der Waals surface area contributed by atoms with Gasteiger partial charge in [0.2, 0.25) is 0 Å². The lowest BCUT2D eigenvalue weighted by Gasteiger charge is -2.12. The lowest BCUT2D eigenvalue weighted by Crippen LogP contribution is -2.28. The summed E-state index contributed by atoms with van der Waals surface area (Å²) in [5, 5.41) is 9.32. The Morgan fingerprint density at radius 2 is 2.09 bits per heavy atom. The average Bonchev–Trinajstić information content (AvgIpc) is 3.01. The molecule has 5 nitrogen and oxygen atoms in total. The Hall–Kier alpha value is -0.850. The van der Waals surface area contributed by atoms with Gasteiger partial charge >= 0.3 is 0 Å². The normalized spacial score (nSPS) is 21.8. The van der Waals surface area contributed by atoms with Gasteiger partial charge in [-0.25, -0.2) is 4.68 Å². The summed E-state index contributed by atoms with van der Waals surface area (Å²) in [5.74, 6) is 0.516. The summed E-state index contributed by atoms with van der Waals surface area (Å²) in [6.07, 6.45) is 1.88. The van der Waals surface area contributed by atoms with Crippen LogP contribution >= 0.6 is 35.6 Å². The van der Waals surface area contributed by atoms with E-state index in [0.29, 0.717) is 16.0 Å². The summed E-state index contributed by atoms with van der Waals surface area (Å²) in [5.41, 5.74) is 7.67. The Morgan fingerprint density at radius 1 is 1.32 bits per heavy atom. The number of nitrogens with zero attached hydrogens (tertiary/aromatic N) is 4. The van der Waals surface area contributed by atoms with Crippen molar-refractivity contribution in [2.24, 2.45) is 11.7 Å². The maximum Gasteiger partial charge on any atom is 0.0971 e. The lowest BCUT2D eigenvalue weighted by atomic mass is 10.1. The van der Waals surface area contributed by atoms with Crippen molar-refractivity contribution in [2.75, 3.05) is 13.1 Å². The minimum atomic E-state index is 0. The number of benzene rings is 1. The van der Waals surface area contributed by atoms with Crippen LogP contribution in [0.5, 0.6) is 0 Å². The number of likely N-dealkylation sites (tertiary alicyclic amines) is 1. The lowest BCUT2D eigenvalue weighted by molar-refractivity contribution is 0.315. The Balaban J connectivity index is 0.00000176. The van der Waals surface area contributed by atoms with Gasteiger partial charge in [-0.1, -0.05) is 41.4 Å². The van der Waals surface area contributed by atoms with Crippen LogP contribution in [0.25, 0.3) is 5.69 Å². The second-order valence-electron chi connectivity index (χ2n) is 5.56. The van der Waals surface area contributed by atoms with E-state index in [2.05, 4.69) is 22.1 Å². The van der Waals surface area contributed by atoms with E-state index < -0.39 is 0 Å². The standard InChI is InChI=1S/C14H17Cl2N5.ClH/c1-9-5-20(8-12(9)17)6-10-7-21(19-18-10)13-4-2-3-11(15)14(13)16;/h2-4,7,9,12H,5-6,8,17H2,1H3;1H. The number of hydrogen-bond acceptors (Lipinski definition) is 4. The van der Waals surface area contributed by atoms with Gasteiger partial charge in [-0.05, 0) is 18.1 Å². The SMILES string of the molecule is CC1CN(Cc2cn(-c3cccc(Cl)c3Cl)nn2)CC1N.Cl. The Morgan fingerprint density at radius 3 is 2.77 bits per heavy atom. The summed E-state index contributed by atoms with van der Waals surface area (Å²) in [6.45, 7) is 4.81. The Kier molecular flexibility index (Phi) is 5.69. The van der Waals surface area contributed by atoms with Gasteiger partial charge in [0.05, 0.1) is 27.6 Å². The van der Waals surface area contributed by atoms with Crippen molar-refractivity contribution in [3.63, 3.8) is 0 Å². The first-order chi connectivity index (χ1) is 10.0. The molecule has 1 aliphatic rings. The fourth-order valence-corrected chi connectivity index (χ4v) is 2.99. The van der Waals surface area contributed by atoms with Crippen LogP contribution in [0.1, 0.15) is 12.6 Å². The molecule has 2 atom stereocenters. The van der Waals surface area contributed by atoms with E-state index in [9.17, 15) is 0 Å². The molecule has 1 aliphatic heterocycles. The number of hydrogen-bond donors (Lipinski definition) is 1. The van der Waals surface area contributed by atoms with Crippen molar-refractivity contribution in [1.82, 2.24) is 19.9 Å². The van der Waals surface area contributed by atoms with Gasteiger partial charge in [-0.2, -0.15) is 0 Å². The van der Waals surface area contributed by atoms with Crippen LogP contribution in [-0.2, 0) is 6.54 Å². The molecule has 8 heteroatoms. The highest BCUT2D eigenvalue weighted by molar-refractivity contribution is 6.43. The zero-order chi connectivity index (χ0) is 15.0. The van der Waals surface area contributed by atoms with Gasteiger partial charge in [-0.15, -0.1) is 17.5 Å². The molecule has 1 fully saturated rings. The second-order valence-corrected chi connectivity index (χ2v) is 6.35. The summed E-state index contributed by atoms with van der Waals surface area (Å²) in [4.78, 5) is 2.29. The monoisotopic (exact) mass is 361 g/mol. The molecule has 1 aromatic carbocycles. The van der Waals surface area contributed by atoms with Crippen molar-refractivity contribution in [1.29, 1.82) is 0 Å². The fraction of sp³-hybridized carbons (Fsp3) is 0.429. The Bertz CT molecular complexity index is 635. The molecule has 0 saturated carbocycles. The molecule has 0 bridgehead atoms. The smallest absolute Gasteiger partial charge is 0.0971 e. The third kappa shape index (κ3) is 3.55. The molecule has 2 heterocycles. The van der Waals surface area contributed by atoms with Gasteiger partial charge in [0.15, 0.2) is 0 Å². The number of rotatable bonds is 3. The molecule has 120 valence electrons. The molecule has 1 aromatic heterocycles. The molecule has 2 unspecified atom stereocenters. The predicted octanol–water partition coefficient (Wildman–Crippen LogP) is 2.77. The van der Waals surface area contributed by atoms with Crippen LogP contribution in [0.3, 0.4) is 0 Å². The molecule has 2 aromatic rings. The maximum absolute atomic E-state index is 6.20. The molecular formula is C14H18Cl3N5. The van der Waals surface area contributed by atoms with E-state index in [0.717, 1.165) is 31.0 Å². The number of nitrogens with two attached hydrogens (primary N) is 1.